The molecule has 0 saturated carbocycles. The highest BCUT2D eigenvalue weighted by Crippen LogP contribution is 2.11. The predicted octanol–water partition coefficient (Wildman–Crippen LogP) is 6.53. The van der Waals surface area contributed by atoms with Crippen LogP contribution in [-0.4, -0.2) is 5.11 Å². The van der Waals surface area contributed by atoms with E-state index in [0.29, 0.717) is 11.7 Å². The van der Waals surface area contributed by atoms with Crippen LogP contribution < -0.4 is 0 Å². The van der Waals surface area contributed by atoms with Crippen molar-refractivity contribution >= 4 is 6.08 Å². The van der Waals surface area contributed by atoms with Crippen LogP contribution in [0.15, 0.2) is 97.6 Å². The van der Waals surface area contributed by atoms with Gasteiger partial charge < -0.3 is 5.11 Å². The monoisotopic (exact) mass is 318 g/mol. The summed E-state index contributed by atoms with van der Waals surface area (Å²) in [5.41, 5.74) is 2.59. The molecule has 0 aromatic heterocycles. The molecule has 24 heavy (non-hydrogen) atoms. The lowest BCUT2D eigenvalue weighted by Crippen LogP contribution is -1.83. The van der Waals surface area contributed by atoms with E-state index < -0.39 is 0 Å². The van der Waals surface area contributed by atoms with Crippen LogP contribution in [-0.2, 0) is 0 Å². The van der Waals surface area contributed by atoms with E-state index in [2.05, 4.69) is 44.7 Å². The molecule has 0 atom stereocenters. The van der Waals surface area contributed by atoms with E-state index in [0.717, 1.165) is 0 Å². The summed E-state index contributed by atoms with van der Waals surface area (Å²) < 4.78 is 0. The number of benzene rings is 3. The van der Waals surface area contributed by atoms with Gasteiger partial charge in [-0.05, 0) is 29.2 Å². The topological polar surface area (TPSA) is 20.2 Å². The third kappa shape index (κ3) is 8.60. The molecule has 1 heteroatoms. The average Bonchev–Trinajstić information content (AvgIpc) is 2.65. The third-order valence-corrected chi connectivity index (χ3v) is 3.26. The summed E-state index contributed by atoms with van der Waals surface area (Å²) in [4.78, 5) is 0. The number of rotatable bonds is 2. The minimum atomic E-state index is 0.322. The Bertz CT molecular complexity index is 658. The third-order valence-electron chi connectivity index (χ3n) is 3.26. The SMILES string of the molecule is C=Cc1ccccc1.CC(C)c1ccccc1.Oc1ccccc1. The first-order chi connectivity index (χ1) is 11.6. The lowest BCUT2D eigenvalue weighted by molar-refractivity contribution is 0.475. The van der Waals surface area contributed by atoms with Gasteiger partial charge in [0.15, 0.2) is 0 Å². The van der Waals surface area contributed by atoms with E-state index in [-0.39, 0.29) is 0 Å². The Morgan fingerprint density at radius 2 is 1.12 bits per heavy atom. The Labute approximate surface area is 145 Å². The minimum Gasteiger partial charge on any atom is -0.508 e. The normalized spacial score (nSPS) is 9.12. The molecule has 3 aromatic carbocycles. The van der Waals surface area contributed by atoms with Crippen molar-refractivity contribution in [1.82, 2.24) is 0 Å². The van der Waals surface area contributed by atoms with E-state index in [1.807, 2.05) is 48.5 Å². The van der Waals surface area contributed by atoms with Gasteiger partial charge in [-0.1, -0.05) is 105 Å². The second-order valence-corrected chi connectivity index (χ2v) is 5.52. The second kappa shape index (κ2) is 11.7. The Morgan fingerprint density at radius 3 is 1.38 bits per heavy atom. The van der Waals surface area contributed by atoms with Crippen molar-refractivity contribution in [3.8, 4) is 5.75 Å². The van der Waals surface area contributed by atoms with Gasteiger partial charge >= 0.3 is 0 Å². The van der Waals surface area contributed by atoms with Crippen LogP contribution >= 0.6 is 0 Å². The summed E-state index contributed by atoms with van der Waals surface area (Å²) in [6.07, 6.45) is 1.83. The summed E-state index contributed by atoms with van der Waals surface area (Å²) in [5.74, 6) is 0.980. The van der Waals surface area contributed by atoms with Gasteiger partial charge in [0, 0.05) is 0 Å². The zero-order valence-corrected chi connectivity index (χ0v) is 14.5. The first-order valence-corrected chi connectivity index (χ1v) is 8.10. The molecule has 0 amide bonds. The lowest BCUT2D eigenvalue weighted by atomic mass is 10.0. The minimum absolute atomic E-state index is 0.322. The highest BCUT2D eigenvalue weighted by Gasteiger charge is 1.93. The van der Waals surface area contributed by atoms with E-state index in [1.165, 1.54) is 11.1 Å². The van der Waals surface area contributed by atoms with Gasteiger partial charge in [0.2, 0.25) is 0 Å². The second-order valence-electron chi connectivity index (χ2n) is 5.52. The first-order valence-electron chi connectivity index (χ1n) is 8.10. The quantitative estimate of drug-likeness (QED) is 0.569. The molecule has 124 valence electrons. The fourth-order valence-electron chi connectivity index (χ4n) is 1.86. The summed E-state index contributed by atoms with van der Waals surface area (Å²) in [5, 5.41) is 8.63. The van der Waals surface area contributed by atoms with Crippen LogP contribution in [0.4, 0.5) is 0 Å². The molecule has 0 spiro atoms. The van der Waals surface area contributed by atoms with Crippen molar-refractivity contribution in [2.24, 2.45) is 0 Å². The predicted molar refractivity (Wildman–Crippen MR) is 105 cm³/mol. The largest absolute Gasteiger partial charge is 0.508 e. The van der Waals surface area contributed by atoms with Crippen LogP contribution in [0.2, 0.25) is 0 Å². The van der Waals surface area contributed by atoms with Crippen molar-refractivity contribution in [3.05, 3.63) is 109 Å². The fourth-order valence-corrected chi connectivity index (χ4v) is 1.86. The number of phenolic OH excluding ortho intramolecular Hbond substituents is 1. The van der Waals surface area contributed by atoms with Crippen molar-refractivity contribution in [1.29, 1.82) is 0 Å². The number of hydrogen-bond acceptors (Lipinski definition) is 1. The van der Waals surface area contributed by atoms with Gasteiger partial charge in [0.25, 0.3) is 0 Å². The Kier molecular flexibility index (Phi) is 9.40. The molecule has 0 aliphatic heterocycles. The number of para-hydroxylation sites is 1. The maximum Gasteiger partial charge on any atom is 0.115 e. The number of phenols is 1. The standard InChI is InChI=1S/C9H12.C8H8.C6H6O/c1-8(2)9-6-4-3-5-7-9;1-2-8-6-4-3-5-7-8;7-6-4-2-1-3-5-6/h3-8H,1-2H3;2-7H,1H2;1-5,7H. The molecule has 0 radical (unpaired) electrons. The molecule has 0 aliphatic rings. The number of hydrogen-bond donors (Lipinski definition) is 1. The molecular weight excluding hydrogens is 292 g/mol. The summed E-state index contributed by atoms with van der Waals surface area (Å²) >= 11 is 0. The smallest absolute Gasteiger partial charge is 0.115 e. The van der Waals surface area contributed by atoms with Gasteiger partial charge in [0.1, 0.15) is 5.75 Å². The van der Waals surface area contributed by atoms with E-state index in [1.54, 1.807) is 24.3 Å². The highest BCUT2D eigenvalue weighted by molar-refractivity contribution is 5.45. The molecule has 0 heterocycles. The highest BCUT2D eigenvalue weighted by atomic mass is 16.3. The maximum atomic E-state index is 8.63. The maximum absolute atomic E-state index is 8.63. The molecule has 0 unspecified atom stereocenters. The molecule has 0 fully saturated rings. The molecule has 0 saturated heterocycles. The molecular formula is C23H26O. The summed E-state index contributed by atoms with van der Waals surface area (Å²) in [7, 11) is 0. The zero-order chi connectivity index (χ0) is 17.6. The Hall–Kier alpha value is -2.80. The molecule has 0 bridgehead atoms. The van der Waals surface area contributed by atoms with Crippen LogP contribution in [0.1, 0.15) is 30.9 Å². The molecule has 1 nitrogen and oxygen atoms in total. The van der Waals surface area contributed by atoms with Crippen molar-refractivity contribution in [2.75, 3.05) is 0 Å². The van der Waals surface area contributed by atoms with Gasteiger partial charge in [0.05, 0.1) is 0 Å². The van der Waals surface area contributed by atoms with Gasteiger partial charge in [-0.25, -0.2) is 0 Å². The Morgan fingerprint density at radius 1 is 0.708 bits per heavy atom. The zero-order valence-electron chi connectivity index (χ0n) is 14.5. The van der Waals surface area contributed by atoms with Gasteiger partial charge in [-0.15, -0.1) is 0 Å². The van der Waals surface area contributed by atoms with Crippen LogP contribution in [0.5, 0.6) is 5.75 Å². The van der Waals surface area contributed by atoms with Gasteiger partial charge in [-0.2, -0.15) is 0 Å². The summed E-state index contributed by atoms with van der Waals surface area (Å²) in [6.45, 7) is 8.04. The lowest BCUT2D eigenvalue weighted by Gasteiger charge is -2.01. The molecule has 3 rings (SSSR count). The van der Waals surface area contributed by atoms with Crippen LogP contribution in [0, 0.1) is 0 Å². The average molecular weight is 318 g/mol. The van der Waals surface area contributed by atoms with E-state index in [4.69, 9.17) is 5.11 Å². The molecule has 0 aliphatic carbocycles. The van der Waals surface area contributed by atoms with Crippen molar-refractivity contribution in [3.63, 3.8) is 0 Å². The fraction of sp³-hybridized carbons (Fsp3) is 0.130. The Balaban J connectivity index is 0.000000181. The molecule has 3 aromatic rings. The van der Waals surface area contributed by atoms with E-state index in [9.17, 15) is 0 Å². The summed E-state index contributed by atoms with van der Waals surface area (Å²) in [6, 6.07) is 29.3. The number of aromatic hydroxyl groups is 1. The van der Waals surface area contributed by atoms with Crippen molar-refractivity contribution in [2.45, 2.75) is 19.8 Å². The molecule has 1 N–H and O–H groups in total. The first kappa shape index (κ1) is 19.2. The van der Waals surface area contributed by atoms with Gasteiger partial charge in [-0.3, -0.25) is 0 Å². The van der Waals surface area contributed by atoms with E-state index >= 15 is 0 Å². The van der Waals surface area contributed by atoms with Crippen molar-refractivity contribution < 1.29 is 5.11 Å². The van der Waals surface area contributed by atoms with Crippen LogP contribution in [0.3, 0.4) is 0 Å². The van der Waals surface area contributed by atoms with Crippen LogP contribution in [0.25, 0.3) is 6.08 Å².